The maximum Gasteiger partial charge on any atom is 0.416 e. The van der Waals surface area contributed by atoms with Crippen LogP contribution < -0.4 is 10.5 Å². The number of anilines is 1. The van der Waals surface area contributed by atoms with E-state index in [0.29, 0.717) is 13.1 Å². The molecule has 1 amide bonds. The number of amides is 1. The van der Waals surface area contributed by atoms with Crippen LogP contribution >= 0.6 is 0 Å². The van der Waals surface area contributed by atoms with Crippen LogP contribution in [0.15, 0.2) is 18.2 Å². The SMILES string of the molecule is Nc1cc(C(F)(F)F)ccc1OCC(=O)N1CCCC1. The summed E-state index contributed by atoms with van der Waals surface area (Å²) in [5, 5.41) is 0. The van der Waals surface area contributed by atoms with E-state index in [9.17, 15) is 18.0 Å². The molecule has 20 heavy (non-hydrogen) atoms. The Morgan fingerprint density at radius 1 is 1.30 bits per heavy atom. The van der Waals surface area contributed by atoms with Gasteiger partial charge in [-0.1, -0.05) is 0 Å². The molecular weight excluding hydrogens is 273 g/mol. The smallest absolute Gasteiger partial charge is 0.416 e. The number of halogens is 3. The van der Waals surface area contributed by atoms with Gasteiger partial charge in [0.25, 0.3) is 5.91 Å². The van der Waals surface area contributed by atoms with Crippen LogP contribution in [0.3, 0.4) is 0 Å². The van der Waals surface area contributed by atoms with Gasteiger partial charge in [-0.05, 0) is 31.0 Å². The second kappa shape index (κ2) is 5.60. The minimum atomic E-state index is -4.45. The Bertz CT molecular complexity index is 497. The Hall–Kier alpha value is -1.92. The average molecular weight is 288 g/mol. The van der Waals surface area contributed by atoms with Crippen LogP contribution in [0.5, 0.6) is 5.75 Å². The van der Waals surface area contributed by atoms with Crippen LogP contribution in [-0.4, -0.2) is 30.5 Å². The van der Waals surface area contributed by atoms with Crippen LogP contribution in [0.25, 0.3) is 0 Å². The van der Waals surface area contributed by atoms with E-state index in [1.807, 2.05) is 0 Å². The third-order valence-corrected chi connectivity index (χ3v) is 3.15. The number of nitrogens with two attached hydrogens (primary N) is 1. The molecule has 7 heteroatoms. The quantitative estimate of drug-likeness (QED) is 0.868. The van der Waals surface area contributed by atoms with Gasteiger partial charge in [-0.2, -0.15) is 13.2 Å². The molecule has 2 N–H and O–H groups in total. The molecule has 1 aromatic rings. The number of rotatable bonds is 3. The van der Waals surface area contributed by atoms with E-state index in [1.54, 1.807) is 4.90 Å². The average Bonchev–Trinajstić information content (AvgIpc) is 2.89. The summed E-state index contributed by atoms with van der Waals surface area (Å²) in [6.45, 7) is 1.19. The number of hydrogen-bond acceptors (Lipinski definition) is 3. The molecule has 0 spiro atoms. The Morgan fingerprint density at radius 3 is 2.50 bits per heavy atom. The summed E-state index contributed by atoms with van der Waals surface area (Å²) in [7, 11) is 0. The van der Waals surface area contributed by atoms with Gasteiger partial charge in [0.1, 0.15) is 5.75 Å². The third kappa shape index (κ3) is 3.34. The second-order valence-corrected chi connectivity index (χ2v) is 4.63. The highest BCUT2D eigenvalue weighted by atomic mass is 19.4. The lowest BCUT2D eigenvalue weighted by Crippen LogP contribution is -2.32. The minimum absolute atomic E-state index is 0.0885. The zero-order chi connectivity index (χ0) is 14.8. The Morgan fingerprint density at radius 2 is 1.95 bits per heavy atom. The van der Waals surface area contributed by atoms with Crippen molar-refractivity contribution in [2.45, 2.75) is 19.0 Å². The fourth-order valence-electron chi connectivity index (χ4n) is 2.05. The van der Waals surface area contributed by atoms with Crippen molar-refractivity contribution in [1.82, 2.24) is 4.90 Å². The van der Waals surface area contributed by atoms with Crippen LogP contribution in [0.4, 0.5) is 18.9 Å². The van der Waals surface area contributed by atoms with E-state index >= 15 is 0 Å². The zero-order valence-corrected chi connectivity index (χ0v) is 10.7. The van der Waals surface area contributed by atoms with E-state index in [-0.39, 0.29) is 24.0 Å². The molecule has 4 nitrogen and oxygen atoms in total. The maximum atomic E-state index is 12.5. The van der Waals surface area contributed by atoms with Gasteiger partial charge in [0.05, 0.1) is 11.3 Å². The van der Waals surface area contributed by atoms with Crippen molar-refractivity contribution in [1.29, 1.82) is 0 Å². The molecule has 1 aliphatic heterocycles. The molecule has 1 aliphatic rings. The van der Waals surface area contributed by atoms with Gasteiger partial charge in [-0.3, -0.25) is 4.79 Å². The molecule has 1 heterocycles. The lowest BCUT2D eigenvalue weighted by Gasteiger charge is -2.16. The summed E-state index contributed by atoms with van der Waals surface area (Å²) in [5.41, 5.74) is 4.54. The molecule has 0 aromatic heterocycles. The van der Waals surface area contributed by atoms with E-state index in [2.05, 4.69) is 0 Å². The third-order valence-electron chi connectivity index (χ3n) is 3.15. The first-order valence-corrected chi connectivity index (χ1v) is 6.25. The van der Waals surface area contributed by atoms with Crippen molar-refractivity contribution in [3.63, 3.8) is 0 Å². The summed E-state index contributed by atoms with van der Waals surface area (Å²) in [6.07, 6.45) is -2.51. The molecule has 110 valence electrons. The molecule has 0 aliphatic carbocycles. The Balaban J connectivity index is 1.98. The largest absolute Gasteiger partial charge is 0.482 e. The summed E-state index contributed by atoms with van der Waals surface area (Å²) in [6, 6.07) is 2.82. The molecule has 0 atom stereocenters. The number of hydrogen-bond donors (Lipinski definition) is 1. The van der Waals surface area contributed by atoms with E-state index < -0.39 is 11.7 Å². The summed E-state index contributed by atoms with van der Waals surface area (Å²) in [4.78, 5) is 13.4. The maximum absolute atomic E-state index is 12.5. The van der Waals surface area contributed by atoms with Crippen molar-refractivity contribution in [2.24, 2.45) is 0 Å². The highest BCUT2D eigenvalue weighted by Gasteiger charge is 2.31. The first-order valence-electron chi connectivity index (χ1n) is 6.25. The van der Waals surface area contributed by atoms with Crippen molar-refractivity contribution < 1.29 is 22.7 Å². The van der Waals surface area contributed by atoms with Gasteiger partial charge in [-0.15, -0.1) is 0 Å². The van der Waals surface area contributed by atoms with Gasteiger partial charge in [0, 0.05) is 13.1 Å². The predicted octanol–water partition coefficient (Wildman–Crippen LogP) is 2.29. The molecule has 1 aromatic carbocycles. The Kier molecular flexibility index (Phi) is 4.06. The normalized spacial score (nSPS) is 15.4. The molecule has 1 fully saturated rings. The summed E-state index contributed by atoms with van der Waals surface area (Å²) in [5.74, 6) is -0.0904. The van der Waals surface area contributed by atoms with E-state index in [0.717, 1.165) is 31.0 Å². The van der Waals surface area contributed by atoms with E-state index in [1.165, 1.54) is 0 Å². The lowest BCUT2D eigenvalue weighted by atomic mass is 10.2. The van der Waals surface area contributed by atoms with Gasteiger partial charge >= 0.3 is 6.18 Å². The lowest BCUT2D eigenvalue weighted by molar-refractivity contribution is -0.137. The number of carbonyl (C=O) groups is 1. The van der Waals surface area contributed by atoms with Crippen LogP contribution in [0.1, 0.15) is 18.4 Å². The number of nitrogens with zero attached hydrogens (tertiary/aromatic N) is 1. The molecule has 0 radical (unpaired) electrons. The van der Waals surface area contributed by atoms with Crippen molar-refractivity contribution in [3.8, 4) is 5.75 Å². The number of nitrogen functional groups attached to an aromatic ring is 1. The number of alkyl halides is 3. The summed E-state index contributed by atoms with van der Waals surface area (Å²) < 4.78 is 42.6. The topological polar surface area (TPSA) is 55.6 Å². The number of likely N-dealkylation sites (tertiary alicyclic amines) is 1. The molecule has 0 unspecified atom stereocenters. The number of carbonyl (C=O) groups excluding carboxylic acids is 1. The van der Waals surface area contributed by atoms with Crippen LogP contribution in [-0.2, 0) is 11.0 Å². The standard InChI is InChI=1S/C13H15F3N2O2/c14-13(15,16)9-3-4-11(10(17)7-9)20-8-12(19)18-5-1-2-6-18/h3-4,7H,1-2,5-6,8,17H2. The second-order valence-electron chi connectivity index (χ2n) is 4.63. The van der Waals surface area contributed by atoms with Crippen LogP contribution in [0, 0.1) is 0 Å². The van der Waals surface area contributed by atoms with Crippen molar-refractivity contribution >= 4 is 11.6 Å². The van der Waals surface area contributed by atoms with Gasteiger partial charge in [0.15, 0.2) is 6.61 Å². The van der Waals surface area contributed by atoms with E-state index in [4.69, 9.17) is 10.5 Å². The van der Waals surface area contributed by atoms with Crippen molar-refractivity contribution in [2.75, 3.05) is 25.4 Å². The van der Waals surface area contributed by atoms with Crippen LogP contribution in [0.2, 0.25) is 0 Å². The zero-order valence-electron chi connectivity index (χ0n) is 10.7. The molecule has 0 bridgehead atoms. The van der Waals surface area contributed by atoms with Gasteiger partial charge < -0.3 is 15.4 Å². The molecule has 2 rings (SSSR count). The Labute approximate surface area is 114 Å². The molecule has 0 saturated carbocycles. The van der Waals surface area contributed by atoms with Crippen molar-refractivity contribution in [3.05, 3.63) is 23.8 Å². The predicted molar refractivity (Wildman–Crippen MR) is 67.2 cm³/mol. The monoisotopic (exact) mass is 288 g/mol. The number of ether oxygens (including phenoxy) is 1. The number of benzene rings is 1. The minimum Gasteiger partial charge on any atom is -0.482 e. The van der Waals surface area contributed by atoms with Gasteiger partial charge in [-0.25, -0.2) is 0 Å². The highest BCUT2D eigenvalue weighted by Crippen LogP contribution is 2.33. The molecular formula is C13H15F3N2O2. The van der Waals surface area contributed by atoms with Gasteiger partial charge in [0.2, 0.25) is 0 Å². The molecule has 1 saturated heterocycles. The highest BCUT2D eigenvalue weighted by molar-refractivity contribution is 5.78. The first kappa shape index (κ1) is 14.5. The summed E-state index contributed by atoms with van der Waals surface area (Å²) >= 11 is 0. The first-order chi connectivity index (χ1) is 9.38. The fraction of sp³-hybridized carbons (Fsp3) is 0.462. The fourth-order valence-corrected chi connectivity index (χ4v) is 2.05.